The smallest absolute Gasteiger partial charge is 0.275 e. The van der Waals surface area contributed by atoms with Gasteiger partial charge in [0.2, 0.25) is 5.13 Å². The van der Waals surface area contributed by atoms with Gasteiger partial charge in [0.1, 0.15) is 16.5 Å². The van der Waals surface area contributed by atoms with Crippen LogP contribution in [0.15, 0.2) is 18.2 Å². The summed E-state index contributed by atoms with van der Waals surface area (Å²) in [6, 6.07) is 5.13. The number of nitrogens with one attached hydrogen (secondary N) is 2. The summed E-state index contributed by atoms with van der Waals surface area (Å²) in [4.78, 5) is 12.3. The molecule has 24 heavy (non-hydrogen) atoms. The average molecular weight is 343 g/mol. The molecule has 0 saturated heterocycles. The number of anilines is 1. The lowest BCUT2D eigenvalue weighted by Gasteiger charge is -2.05. The molecule has 3 N–H and O–H groups in total. The van der Waals surface area contributed by atoms with Crippen LogP contribution in [0.3, 0.4) is 0 Å². The van der Waals surface area contributed by atoms with E-state index in [4.69, 9.17) is 0 Å². The number of rotatable bonds is 4. The molecule has 124 valence electrons. The first kappa shape index (κ1) is 16.1. The standard InChI is InChI=1S/C16H17N5O2S/c1-4-14-20-21-16(24-14)17-15(23)12-7-11(18-19-12)10-5-8(2)9(3)6-13(10)22/h5-7,22H,4H2,1-3H3,(H,18,19)(H,17,21,23). The summed E-state index contributed by atoms with van der Waals surface area (Å²) in [6.07, 6.45) is 0.772. The SMILES string of the molecule is CCc1nnc(NC(=O)c2cc(-c3cc(C)c(C)cc3O)n[nH]2)s1. The maximum Gasteiger partial charge on any atom is 0.275 e. The number of phenolic OH excluding ortho intramolecular Hbond substituents is 1. The Balaban J connectivity index is 1.82. The van der Waals surface area contributed by atoms with E-state index >= 15 is 0 Å². The van der Waals surface area contributed by atoms with Crippen molar-refractivity contribution < 1.29 is 9.90 Å². The van der Waals surface area contributed by atoms with Crippen molar-refractivity contribution in [2.75, 3.05) is 5.32 Å². The fourth-order valence-electron chi connectivity index (χ4n) is 2.19. The molecule has 3 aromatic rings. The van der Waals surface area contributed by atoms with Gasteiger partial charge in [-0.3, -0.25) is 15.2 Å². The second-order valence-electron chi connectivity index (χ2n) is 5.43. The van der Waals surface area contributed by atoms with Gasteiger partial charge in [0.15, 0.2) is 0 Å². The van der Waals surface area contributed by atoms with Crippen LogP contribution in [0, 0.1) is 13.8 Å². The number of nitrogens with zero attached hydrogens (tertiary/aromatic N) is 3. The molecule has 0 aliphatic heterocycles. The summed E-state index contributed by atoms with van der Waals surface area (Å²) >= 11 is 1.34. The normalized spacial score (nSPS) is 10.8. The van der Waals surface area contributed by atoms with Crippen LogP contribution >= 0.6 is 11.3 Å². The van der Waals surface area contributed by atoms with E-state index in [9.17, 15) is 9.90 Å². The highest BCUT2D eigenvalue weighted by Crippen LogP contribution is 2.31. The van der Waals surface area contributed by atoms with E-state index in [0.717, 1.165) is 22.6 Å². The zero-order valence-corrected chi connectivity index (χ0v) is 14.4. The Bertz CT molecular complexity index is 900. The van der Waals surface area contributed by atoms with Gasteiger partial charge >= 0.3 is 0 Å². The average Bonchev–Trinajstić information content (AvgIpc) is 3.20. The molecule has 2 heterocycles. The molecular weight excluding hydrogens is 326 g/mol. The maximum absolute atomic E-state index is 12.3. The fourth-order valence-corrected chi connectivity index (χ4v) is 2.87. The molecule has 1 amide bonds. The van der Waals surface area contributed by atoms with Gasteiger partial charge in [0.25, 0.3) is 5.91 Å². The lowest BCUT2D eigenvalue weighted by atomic mass is 10.0. The van der Waals surface area contributed by atoms with E-state index in [1.807, 2.05) is 26.8 Å². The molecule has 0 aliphatic carbocycles. The lowest BCUT2D eigenvalue weighted by Crippen LogP contribution is -2.12. The molecule has 0 unspecified atom stereocenters. The van der Waals surface area contributed by atoms with Crippen molar-refractivity contribution in [3.63, 3.8) is 0 Å². The zero-order valence-electron chi connectivity index (χ0n) is 13.5. The van der Waals surface area contributed by atoms with E-state index in [1.54, 1.807) is 12.1 Å². The molecule has 0 fully saturated rings. The van der Waals surface area contributed by atoms with Crippen molar-refractivity contribution in [3.05, 3.63) is 40.0 Å². The minimum Gasteiger partial charge on any atom is -0.507 e. The van der Waals surface area contributed by atoms with Gasteiger partial charge < -0.3 is 5.11 Å². The van der Waals surface area contributed by atoms with E-state index in [0.29, 0.717) is 16.4 Å². The third-order valence-electron chi connectivity index (χ3n) is 3.70. The summed E-state index contributed by atoms with van der Waals surface area (Å²) in [6.45, 7) is 5.86. The lowest BCUT2D eigenvalue weighted by molar-refractivity contribution is 0.102. The van der Waals surface area contributed by atoms with Crippen molar-refractivity contribution in [3.8, 4) is 17.0 Å². The Morgan fingerprint density at radius 1 is 1.25 bits per heavy atom. The number of aromatic amines is 1. The molecule has 0 saturated carbocycles. The topological polar surface area (TPSA) is 104 Å². The number of hydrogen-bond donors (Lipinski definition) is 3. The molecule has 0 bridgehead atoms. The van der Waals surface area contributed by atoms with Crippen LogP contribution in [-0.2, 0) is 6.42 Å². The van der Waals surface area contributed by atoms with Gasteiger partial charge in [0.05, 0.1) is 5.69 Å². The molecule has 1 aromatic carbocycles. The molecule has 3 rings (SSSR count). The van der Waals surface area contributed by atoms with Crippen LogP contribution in [0.1, 0.15) is 33.5 Å². The van der Waals surface area contributed by atoms with Crippen LogP contribution in [0.4, 0.5) is 5.13 Å². The molecule has 0 atom stereocenters. The number of benzene rings is 1. The minimum atomic E-state index is -0.351. The highest BCUT2D eigenvalue weighted by atomic mass is 32.1. The number of phenols is 1. The molecular formula is C16H17N5O2S. The van der Waals surface area contributed by atoms with Crippen molar-refractivity contribution in [1.29, 1.82) is 0 Å². The Morgan fingerprint density at radius 2 is 2.00 bits per heavy atom. The van der Waals surface area contributed by atoms with Crippen molar-refractivity contribution in [2.24, 2.45) is 0 Å². The highest BCUT2D eigenvalue weighted by molar-refractivity contribution is 7.15. The first-order chi connectivity index (χ1) is 11.5. The number of H-pyrrole nitrogens is 1. The Labute approximate surface area is 142 Å². The van der Waals surface area contributed by atoms with E-state index < -0.39 is 0 Å². The van der Waals surface area contributed by atoms with Gasteiger partial charge in [-0.05, 0) is 49.6 Å². The Kier molecular flexibility index (Phi) is 4.30. The van der Waals surface area contributed by atoms with Crippen molar-refractivity contribution >= 4 is 22.4 Å². The van der Waals surface area contributed by atoms with Crippen molar-refractivity contribution in [1.82, 2.24) is 20.4 Å². The van der Waals surface area contributed by atoms with Gasteiger partial charge in [-0.1, -0.05) is 18.3 Å². The second-order valence-corrected chi connectivity index (χ2v) is 6.49. The van der Waals surface area contributed by atoms with Crippen LogP contribution in [-0.4, -0.2) is 31.4 Å². The number of hydrogen-bond acceptors (Lipinski definition) is 6. The van der Waals surface area contributed by atoms with Crippen LogP contribution in [0.25, 0.3) is 11.3 Å². The summed E-state index contributed by atoms with van der Waals surface area (Å²) in [5, 5.41) is 28.8. The molecule has 0 radical (unpaired) electrons. The predicted octanol–water partition coefficient (Wildman–Crippen LogP) is 3.07. The number of aromatic hydroxyl groups is 1. The number of aryl methyl sites for hydroxylation is 3. The number of carbonyl (C=O) groups is 1. The summed E-state index contributed by atoms with van der Waals surface area (Å²) in [5.41, 5.74) is 3.41. The Morgan fingerprint density at radius 3 is 2.71 bits per heavy atom. The first-order valence-corrected chi connectivity index (χ1v) is 8.29. The number of aromatic nitrogens is 4. The summed E-state index contributed by atoms with van der Waals surface area (Å²) in [7, 11) is 0. The third kappa shape index (κ3) is 3.13. The van der Waals surface area contributed by atoms with Crippen LogP contribution < -0.4 is 5.32 Å². The quantitative estimate of drug-likeness (QED) is 0.675. The molecule has 7 nitrogen and oxygen atoms in total. The van der Waals surface area contributed by atoms with Crippen LogP contribution in [0.2, 0.25) is 0 Å². The zero-order chi connectivity index (χ0) is 17.3. The molecule has 0 aliphatic rings. The molecule has 0 spiro atoms. The molecule has 2 aromatic heterocycles. The predicted molar refractivity (Wildman–Crippen MR) is 92.4 cm³/mol. The van der Waals surface area contributed by atoms with Gasteiger partial charge in [-0.2, -0.15) is 5.10 Å². The maximum atomic E-state index is 12.3. The summed E-state index contributed by atoms with van der Waals surface area (Å²) < 4.78 is 0. The number of amides is 1. The highest BCUT2D eigenvalue weighted by Gasteiger charge is 2.15. The third-order valence-corrected chi connectivity index (χ3v) is 4.68. The number of carbonyl (C=O) groups excluding carboxylic acids is 1. The minimum absolute atomic E-state index is 0.133. The summed E-state index contributed by atoms with van der Waals surface area (Å²) in [5.74, 6) is -0.218. The van der Waals surface area contributed by atoms with Gasteiger partial charge in [-0.25, -0.2) is 0 Å². The van der Waals surface area contributed by atoms with Crippen molar-refractivity contribution in [2.45, 2.75) is 27.2 Å². The van der Waals surface area contributed by atoms with Gasteiger partial charge in [-0.15, -0.1) is 10.2 Å². The van der Waals surface area contributed by atoms with Gasteiger partial charge in [0, 0.05) is 5.56 Å². The van der Waals surface area contributed by atoms with E-state index in [1.165, 1.54) is 11.3 Å². The monoisotopic (exact) mass is 343 g/mol. The second kappa shape index (κ2) is 6.40. The Hall–Kier alpha value is -2.74. The molecule has 8 heteroatoms. The van der Waals surface area contributed by atoms with E-state index in [2.05, 4.69) is 25.7 Å². The largest absolute Gasteiger partial charge is 0.507 e. The fraction of sp³-hybridized carbons (Fsp3) is 0.250. The van der Waals surface area contributed by atoms with Crippen LogP contribution in [0.5, 0.6) is 5.75 Å². The van der Waals surface area contributed by atoms with E-state index in [-0.39, 0.29) is 17.4 Å². The first-order valence-electron chi connectivity index (χ1n) is 7.47.